The first kappa shape index (κ1) is 19.3. The highest BCUT2D eigenvalue weighted by Crippen LogP contribution is 2.18. The van der Waals surface area contributed by atoms with Gasteiger partial charge in [0.25, 0.3) is 0 Å². The molecular weight excluding hydrogens is 348 g/mol. The van der Waals surface area contributed by atoms with Crippen molar-refractivity contribution in [3.8, 4) is 0 Å². The van der Waals surface area contributed by atoms with Crippen LogP contribution in [0, 0.1) is 5.92 Å². The van der Waals surface area contributed by atoms with E-state index in [1.165, 1.54) is 4.88 Å². The van der Waals surface area contributed by atoms with Crippen molar-refractivity contribution in [3.63, 3.8) is 0 Å². The van der Waals surface area contributed by atoms with Gasteiger partial charge in [-0.1, -0.05) is 6.07 Å². The summed E-state index contributed by atoms with van der Waals surface area (Å²) in [7, 11) is 0. The van der Waals surface area contributed by atoms with E-state index < -0.39 is 0 Å². The average molecular weight is 379 g/mol. The molecule has 0 aliphatic carbocycles. The fourth-order valence-electron chi connectivity index (χ4n) is 3.79. The molecule has 26 heavy (non-hydrogen) atoms. The third kappa shape index (κ3) is 5.28. The zero-order valence-corrected chi connectivity index (χ0v) is 16.3. The number of hydrogen-bond donors (Lipinski definition) is 3. The Morgan fingerprint density at radius 3 is 2.96 bits per heavy atom. The van der Waals surface area contributed by atoms with Gasteiger partial charge in [0.05, 0.1) is 18.6 Å². The van der Waals surface area contributed by atoms with E-state index in [4.69, 9.17) is 0 Å². The quantitative estimate of drug-likeness (QED) is 0.669. The number of carbonyl (C=O) groups is 2. The SMILES string of the molecule is CC(C(=O)NCc1cccs1)N1CCCC(CNC(=O)C2CCCN2)C1. The lowest BCUT2D eigenvalue weighted by atomic mass is 9.96. The van der Waals surface area contributed by atoms with E-state index in [9.17, 15) is 9.59 Å². The summed E-state index contributed by atoms with van der Waals surface area (Å²) in [5, 5.41) is 11.4. The summed E-state index contributed by atoms with van der Waals surface area (Å²) in [4.78, 5) is 28.0. The van der Waals surface area contributed by atoms with E-state index in [0.29, 0.717) is 19.0 Å². The molecular formula is C19H30N4O2S. The van der Waals surface area contributed by atoms with Gasteiger partial charge in [-0.25, -0.2) is 0 Å². The highest BCUT2D eigenvalue weighted by molar-refractivity contribution is 7.09. The van der Waals surface area contributed by atoms with Crippen LogP contribution < -0.4 is 16.0 Å². The predicted octanol–water partition coefficient (Wildman–Crippen LogP) is 1.33. The Kier molecular flexibility index (Phi) is 7.05. The first-order valence-corrected chi connectivity index (χ1v) is 10.6. The van der Waals surface area contributed by atoms with E-state index >= 15 is 0 Å². The van der Waals surface area contributed by atoms with Crippen LogP contribution in [0.1, 0.15) is 37.5 Å². The molecule has 2 fully saturated rings. The Morgan fingerprint density at radius 2 is 2.23 bits per heavy atom. The zero-order chi connectivity index (χ0) is 18.4. The molecule has 3 rings (SSSR count). The summed E-state index contributed by atoms with van der Waals surface area (Å²) in [5.74, 6) is 0.626. The zero-order valence-electron chi connectivity index (χ0n) is 15.5. The van der Waals surface area contributed by atoms with Gasteiger partial charge in [0, 0.05) is 18.0 Å². The molecule has 144 valence electrons. The highest BCUT2D eigenvalue weighted by atomic mass is 32.1. The summed E-state index contributed by atoms with van der Waals surface area (Å²) in [5.41, 5.74) is 0. The smallest absolute Gasteiger partial charge is 0.237 e. The Labute approximate surface area is 159 Å². The summed E-state index contributed by atoms with van der Waals surface area (Å²) < 4.78 is 0. The molecule has 3 atom stereocenters. The van der Waals surface area contributed by atoms with Crippen LogP contribution in [0.5, 0.6) is 0 Å². The van der Waals surface area contributed by atoms with E-state index in [1.54, 1.807) is 11.3 Å². The molecule has 0 radical (unpaired) electrons. The van der Waals surface area contributed by atoms with Gasteiger partial charge in [-0.3, -0.25) is 14.5 Å². The number of rotatable bonds is 7. The van der Waals surface area contributed by atoms with Crippen molar-refractivity contribution in [2.75, 3.05) is 26.2 Å². The number of piperidine rings is 1. The van der Waals surface area contributed by atoms with Crippen LogP contribution in [0.4, 0.5) is 0 Å². The lowest BCUT2D eigenvalue weighted by Gasteiger charge is -2.36. The number of amides is 2. The minimum Gasteiger partial charge on any atom is -0.354 e. The van der Waals surface area contributed by atoms with Gasteiger partial charge < -0.3 is 16.0 Å². The first-order chi connectivity index (χ1) is 12.6. The maximum absolute atomic E-state index is 12.5. The number of nitrogens with zero attached hydrogens (tertiary/aromatic N) is 1. The largest absolute Gasteiger partial charge is 0.354 e. The number of hydrogen-bond acceptors (Lipinski definition) is 5. The van der Waals surface area contributed by atoms with Gasteiger partial charge in [0.1, 0.15) is 0 Å². The number of carbonyl (C=O) groups excluding carboxylic acids is 2. The molecule has 2 aliphatic heterocycles. The van der Waals surface area contributed by atoms with Crippen LogP contribution >= 0.6 is 11.3 Å². The van der Waals surface area contributed by atoms with Gasteiger partial charge in [-0.15, -0.1) is 11.3 Å². The Morgan fingerprint density at radius 1 is 1.35 bits per heavy atom. The number of likely N-dealkylation sites (tertiary alicyclic amines) is 1. The molecule has 0 spiro atoms. The second-order valence-corrected chi connectivity index (χ2v) is 8.40. The average Bonchev–Trinajstić information content (AvgIpc) is 3.37. The third-order valence-electron chi connectivity index (χ3n) is 5.44. The lowest BCUT2D eigenvalue weighted by Crippen LogP contribution is -2.51. The van der Waals surface area contributed by atoms with Crippen LogP contribution in [-0.2, 0) is 16.1 Å². The summed E-state index contributed by atoms with van der Waals surface area (Å²) in [6.07, 6.45) is 4.20. The predicted molar refractivity (Wildman–Crippen MR) is 104 cm³/mol. The van der Waals surface area contributed by atoms with Crippen molar-refractivity contribution in [1.29, 1.82) is 0 Å². The molecule has 2 saturated heterocycles. The minimum atomic E-state index is -0.134. The number of thiophene rings is 1. The van der Waals surface area contributed by atoms with Crippen molar-refractivity contribution < 1.29 is 9.59 Å². The van der Waals surface area contributed by atoms with Crippen molar-refractivity contribution in [2.45, 2.75) is 51.2 Å². The lowest BCUT2D eigenvalue weighted by molar-refractivity contribution is -0.127. The normalized spacial score (nSPS) is 25.0. The molecule has 0 saturated carbocycles. The van der Waals surface area contributed by atoms with Gasteiger partial charge in [0.15, 0.2) is 0 Å². The van der Waals surface area contributed by atoms with E-state index in [0.717, 1.165) is 45.3 Å². The Hall–Kier alpha value is -1.44. The summed E-state index contributed by atoms with van der Waals surface area (Å²) >= 11 is 1.66. The maximum atomic E-state index is 12.5. The van der Waals surface area contributed by atoms with Crippen LogP contribution in [0.25, 0.3) is 0 Å². The van der Waals surface area contributed by atoms with E-state index in [2.05, 4.69) is 20.9 Å². The van der Waals surface area contributed by atoms with Gasteiger partial charge >= 0.3 is 0 Å². The van der Waals surface area contributed by atoms with Crippen LogP contribution in [0.15, 0.2) is 17.5 Å². The topological polar surface area (TPSA) is 73.5 Å². The molecule has 7 heteroatoms. The van der Waals surface area contributed by atoms with Crippen LogP contribution in [-0.4, -0.2) is 55.0 Å². The molecule has 2 amide bonds. The Bertz CT molecular complexity index is 586. The molecule has 0 bridgehead atoms. The Balaban J connectivity index is 1.41. The van der Waals surface area contributed by atoms with Crippen LogP contribution in [0.2, 0.25) is 0 Å². The maximum Gasteiger partial charge on any atom is 0.237 e. The van der Waals surface area contributed by atoms with Crippen molar-refractivity contribution in [1.82, 2.24) is 20.9 Å². The van der Waals surface area contributed by atoms with Gasteiger partial charge in [-0.05, 0) is 63.1 Å². The molecule has 0 aromatic carbocycles. The summed E-state index contributed by atoms with van der Waals surface area (Å²) in [6, 6.07) is 3.89. The van der Waals surface area contributed by atoms with E-state index in [1.807, 2.05) is 24.4 Å². The third-order valence-corrected chi connectivity index (χ3v) is 6.31. The second kappa shape index (κ2) is 9.48. The van der Waals surface area contributed by atoms with Crippen molar-refractivity contribution in [3.05, 3.63) is 22.4 Å². The fourth-order valence-corrected chi connectivity index (χ4v) is 4.44. The number of nitrogens with one attached hydrogen (secondary N) is 3. The molecule has 3 unspecified atom stereocenters. The van der Waals surface area contributed by atoms with Crippen molar-refractivity contribution in [2.24, 2.45) is 5.92 Å². The second-order valence-electron chi connectivity index (χ2n) is 7.37. The van der Waals surface area contributed by atoms with Gasteiger partial charge in [-0.2, -0.15) is 0 Å². The van der Waals surface area contributed by atoms with Crippen molar-refractivity contribution >= 4 is 23.2 Å². The molecule has 6 nitrogen and oxygen atoms in total. The molecule has 3 N–H and O–H groups in total. The monoisotopic (exact) mass is 378 g/mol. The minimum absolute atomic E-state index is 0.0170. The molecule has 3 heterocycles. The highest BCUT2D eigenvalue weighted by Gasteiger charge is 2.28. The molecule has 1 aromatic rings. The molecule has 2 aliphatic rings. The fraction of sp³-hybridized carbons (Fsp3) is 0.684. The summed E-state index contributed by atoms with van der Waals surface area (Å²) in [6.45, 7) is 6.04. The van der Waals surface area contributed by atoms with Crippen LogP contribution in [0.3, 0.4) is 0 Å². The van der Waals surface area contributed by atoms with Gasteiger partial charge in [0.2, 0.25) is 11.8 Å². The standard InChI is InChI=1S/C19H30N4O2S/c1-14(18(24)22-12-16-6-4-10-26-16)23-9-3-5-15(13-23)11-21-19(25)17-7-2-8-20-17/h4,6,10,14-15,17,20H,2-3,5,7-9,11-13H2,1H3,(H,21,25)(H,22,24). The van der Waals surface area contributed by atoms with E-state index in [-0.39, 0.29) is 23.9 Å². The first-order valence-electron chi connectivity index (χ1n) is 9.68. The molecule has 1 aromatic heterocycles.